The molecule has 9 nitrogen and oxygen atoms in total. The zero-order chi connectivity index (χ0) is 23.0. The number of benzene rings is 2. The summed E-state index contributed by atoms with van der Waals surface area (Å²) < 4.78 is 44.3. The Morgan fingerprint density at radius 1 is 1.13 bits per heavy atom. The molecule has 0 spiro atoms. The molecule has 0 bridgehead atoms. The van der Waals surface area contributed by atoms with Gasteiger partial charge < -0.3 is 23.8 Å². The van der Waals surface area contributed by atoms with Gasteiger partial charge in [-0.3, -0.25) is 14.9 Å². The van der Waals surface area contributed by atoms with Crippen LogP contribution in [0.15, 0.2) is 36.4 Å². The van der Waals surface area contributed by atoms with Crippen molar-refractivity contribution in [1.82, 2.24) is 4.90 Å². The number of hydrogen-bond donors (Lipinski definition) is 0. The second-order valence-corrected chi connectivity index (χ2v) is 6.30. The molecule has 0 radical (unpaired) electrons. The van der Waals surface area contributed by atoms with Gasteiger partial charge in [0.05, 0.1) is 24.7 Å². The highest BCUT2D eigenvalue weighted by Crippen LogP contribution is 2.35. The van der Waals surface area contributed by atoms with Crippen LogP contribution in [-0.4, -0.2) is 56.8 Å². The predicted octanol–water partition coefficient (Wildman–Crippen LogP) is 3.50. The van der Waals surface area contributed by atoms with E-state index in [1.165, 1.54) is 56.5 Å². The fourth-order valence-electron chi connectivity index (χ4n) is 2.71. The zero-order valence-electron chi connectivity index (χ0n) is 17.2. The van der Waals surface area contributed by atoms with Crippen molar-refractivity contribution in [3.05, 3.63) is 57.6 Å². The van der Waals surface area contributed by atoms with Gasteiger partial charge in [0.15, 0.2) is 11.5 Å². The first kappa shape index (κ1) is 23.8. The van der Waals surface area contributed by atoms with Crippen LogP contribution in [0.4, 0.5) is 14.5 Å². The van der Waals surface area contributed by atoms with Gasteiger partial charge in [-0.05, 0) is 17.7 Å². The van der Waals surface area contributed by atoms with E-state index in [0.29, 0.717) is 5.56 Å². The first-order valence-corrected chi connectivity index (χ1v) is 9.04. The Hall–Kier alpha value is -3.47. The Morgan fingerprint density at radius 3 is 2.35 bits per heavy atom. The van der Waals surface area contributed by atoms with Gasteiger partial charge in [-0.15, -0.1) is 0 Å². The SMILES string of the molecule is COCCOc1cc([N+](=O)[O-])c(C(=O)N(C)Cc2ccc(OC(F)F)cc2)cc1OC. The fourth-order valence-corrected chi connectivity index (χ4v) is 2.71. The topological polar surface area (TPSA) is 100 Å². The Labute approximate surface area is 177 Å². The standard InChI is InChI=1S/C20H22F2N2O7/c1-23(12-13-4-6-14(7-5-13)31-20(21)22)19(25)15-10-17(29-3)18(30-9-8-28-2)11-16(15)24(26)27/h4-7,10-11,20H,8-9,12H2,1-3H3. The number of amides is 1. The highest BCUT2D eigenvalue weighted by Gasteiger charge is 2.27. The number of carbonyl (C=O) groups is 1. The van der Waals surface area contributed by atoms with E-state index in [9.17, 15) is 23.7 Å². The summed E-state index contributed by atoms with van der Waals surface area (Å²) in [5.41, 5.74) is -0.00144. The third kappa shape index (κ3) is 6.51. The summed E-state index contributed by atoms with van der Waals surface area (Å²) in [6.07, 6.45) is 0. The lowest BCUT2D eigenvalue weighted by Crippen LogP contribution is -2.27. The fraction of sp³-hybridized carbons (Fsp3) is 0.350. The highest BCUT2D eigenvalue weighted by molar-refractivity contribution is 5.99. The molecule has 2 rings (SSSR count). The number of hydrogen-bond acceptors (Lipinski definition) is 7. The van der Waals surface area contributed by atoms with Crippen molar-refractivity contribution in [1.29, 1.82) is 0 Å². The van der Waals surface area contributed by atoms with Gasteiger partial charge in [0.1, 0.15) is 17.9 Å². The van der Waals surface area contributed by atoms with Crippen molar-refractivity contribution in [2.75, 3.05) is 34.5 Å². The van der Waals surface area contributed by atoms with E-state index in [2.05, 4.69) is 4.74 Å². The lowest BCUT2D eigenvalue weighted by molar-refractivity contribution is -0.385. The molecule has 0 atom stereocenters. The summed E-state index contributed by atoms with van der Waals surface area (Å²) in [7, 11) is 4.30. The van der Waals surface area contributed by atoms with Crippen molar-refractivity contribution < 1.29 is 37.4 Å². The second-order valence-electron chi connectivity index (χ2n) is 6.30. The summed E-state index contributed by atoms with van der Waals surface area (Å²) in [6.45, 7) is -2.45. The quantitative estimate of drug-likeness (QED) is 0.299. The van der Waals surface area contributed by atoms with Crippen molar-refractivity contribution in [3.63, 3.8) is 0 Å². The molecule has 2 aromatic carbocycles. The van der Waals surface area contributed by atoms with Crippen molar-refractivity contribution in [2.24, 2.45) is 0 Å². The van der Waals surface area contributed by atoms with Gasteiger partial charge in [0.25, 0.3) is 11.6 Å². The molecule has 2 aromatic rings. The molecule has 11 heteroatoms. The molecule has 0 unspecified atom stereocenters. The summed E-state index contributed by atoms with van der Waals surface area (Å²) in [4.78, 5) is 25.0. The van der Waals surface area contributed by atoms with Crippen LogP contribution in [0.25, 0.3) is 0 Å². The molecular formula is C20H22F2N2O7. The van der Waals surface area contributed by atoms with Gasteiger partial charge in [-0.2, -0.15) is 8.78 Å². The van der Waals surface area contributed by atoms with E-state index in [1.807, 2.05) is 0 Å². The predicted molar refractivity (Wildman–Crippen MR) is 106 cm³/mol. The van der Waals surface area contributed by atoms with Crippen LogP contribution in [0, 0.1) is 10.1 Å². The van der Waals surface area contributed by atoms with Crippen LogP contribution in [0.2, 0.25) is 0 Å². The van der Waals surface area contributed by atoms with E-state index in [0.717, 1.165) is 6.07 Å². The Balaban J connectivity index is 2.24. The molecule has 31 heavy (non-hydrogen) atoms. The number of halogens is 2. The minimum Gasteiger partial charge on any atom is -0.493 e. The van der Waals surface area contributed by atoms with Gasteiger partial charge in [0.2, 0.25) is 0 Å². The average molecular weight is 440 g/mol. The highest BCUT2D eigenvalue weighted by atomic mass is 19.3. The maximum atomic E-state index is 12.9. The summed E-state index contributed by atoms with van der Waals surface area (Å²) >= 11 is 0. The van der Waals surface area contributed by atoms with Gasteiger partial charge in [0, 0.05) is 26.8 Å². The molecule has 0 aliphatic heterocycles. The van der Waals surface area contributed by atoms with Crippen molar-refractivity contribution >= 4 is 11.6 Å². The Morgan fingerprint density at radius 2 is 1.81 bits per heavy atom. The first-order chi connectivity index (χ1) is 14.8. The van der Waals surface area contributed by atoms with Crippen molar-refractivity contribution in [2.45, 2.75) is 13.2 Å². The monoisotopic (exact) mass is 440 g/mol. The number of nitro groups is 1. The Kier molecular flexibility index (Phi) is 8.50. The number of rotatable bonds is 11. The molecular weight excluding hydrogens is 418 g/mol. The van der Waals surface area contributed by atoms with E-state index < -0.39 is 23.1 Å². The first-order valence-electron chi connectivity index (χ1n) is 9.04. The molecule has 0 saturated carbocycles. The number of carbonyl (C=O) groups excluding carboxylic acids is 1. The number of alkyl halides is 2. The Bertz CT molecular complexity index is 907. The molecule has 1 amide bonds. The third-order valence-corrected chi connectivity index (χ3v) is 4.17. The molecule has 0 fully saturated rings. The average Bonchev–Trinajstić information content (AvgIpc) is 2.73. The minimum atomic E-state index is -2.94. The van der Waals surface area contributed by atoms with Gasteiger partial charge in [-0.1, -0.05) is 12.1 Å². The lowest BCUT2D eigenvalue weighted by atomic mass is 10.1. The molecule has 0 aliphatic carbocycles. The maximum Gasteiger partial charge on any atom is 0.387 e. The number of nitrogens with zero attached hydrogens (tertiary/aromatic N) is 2. The van der Waals surface area contributed by atoms with Crippen LogP contribution in [0.5, 0.6) is 17.2 Å². The van der Waals surface area contributed by atoms with Crippen LogP contribution in [-0.2, 0) is 11.3 Å². The zero-order valence-corrected chi connectivity index (χ0v) is 17.2. The molecule has 0 heterocycles. The van der Waals surface area contributed by atoms with E-state index >= 15 is 0 Å². The van der Waals surface area contributed by atoms with Crippen molar-refractivity contribution in [3.8, 4) is 17.2 Å². The largest absolute Gasteiger partial charge is 0.493 e. The smallest absolute Gasteiger partial charge is 0.387 e. The lowest BCUT2D eigenvalue weighted by Gasteiger charge is -2.19. The van der Waals surface area contributed by atoms with Gasteiger partial charge >= 0.3 is 6.61 Å². The maximum absolute atomic E-state index is 12.9. The number of ether oxygens (including phenoxy) is 4. The minimum absolute atomic E-state index is 0.0165. The summed E-state index contributed by atoms with van der Waals surface area (Å²) in [6, 6.07) is 8.10. The van der Waals surface area contributed by atoms with Crippen LogP contribution < -0.4 is 14.2 Å². The summed E-state index contributed by atoms with van der Waals surface area (Å²) in [5.74, 6) is -0.370. The van der Waals surface area contributed by atoms with Crippen LogP contribution in [0.3, 0.4) is 0 Å². The molecule has 0 aromatic heterocycles. The van der Waals surface area contributed by atoms with E-state index in [4.69, 9.17) is 14.2 Å². The number of methoxy groups -OCH3 is 2. The summed E-state index contributed by atoms with van der Waals surface area (Å²) in [5, 5.41) is 11.6. The molecule has 0 aliphatic rings. The second kappa shape index (κ2) is 11.1. The normalized spacial score (nSPS) is 10.6. The van der Waals surface area contributed by atoms with Crippen LogP contribution in [0.1, 0.15) is 15.9 Å². The van der Waals surface area contributed by atoms with E-state index in [-0.39, 0.29) is 42.6 Å². The molecule has 0 saturated heterocycles. The third-order valence-electron chi connectivity index (χ3n) is 4.17. The number of nitro benzene ring substituents is 1. The molecule has 0 N–H and O–H groups in total. The molecule has 168 valence electrons. The van der Waals surface area contributed by atoms with E-state index in [1.54, 1.807) is 0 Å². The van der Waals surface area contributed by atoms with Crippen LogP contribution >= 0.6 is 0 Å². The van der Waals surface area contributed by atoms with Gasteiger partial charge in [-0.25, -0.2) is 0 Å².